The molecular weight excluding hydrogens is 276 g/mol. The summed E-state index contributed by atoms with van der Waals surface area (Å²) >= 11 is 0. The molecule has 3 rings (SSSR count). The highest BCUT2D eigenvalue weighted by molar-refractivity contribution is 5.96. The standard InChI is InChI=1S/C18H22N2O2/c1-19-17(21)16-11-14-9-5-6-10-15(14)18(22)20(16)12-13-7-3-2-4-8-13/h5-6,9-11,13H,2-4,7-8,12H2,1H3,(H,19,21). The molecule has 2 aromatic rings. The van der Waals surface area contributed by atoms with Gasteiger partial charge < -0.3 is 9.88 Å². The monoisotopic (exact) mass is 298 g/mol. The third kappa shape index (κ3) is 2.78. The van der Waals surface area contributed by atoms with Gasteiger partial charge in [-0.1, -0.05) is 37.5 Å². The molecule has 0 unspecified atom stereocenters. The van der Waals surface area contributed by atoms with E-state index in [1.165, 1.54) is 19.3 Å². The molecule has 4 heteroatoms. The minimum absolute atomic E-state index is 0.0535. The highest BCUT2D eigenvalue weighted by atomic mass is 16.2. The van der Waals surface area contributed by atoms with Crippen molar-refractivity contribution in [2.45, 2.75) is 38.6 Å². The lowest BCUT2D eigenvalue weighted by Crippen LogP contribution is -2.33. The molecule has 1 fully saturated rings. The minimum Gasteiger partial charge on any atom is -0.354 e. The maximum Gasteiger partial charge on any atom is 0.267 e. The Morgan fingerprint density at radius 1 is 1.23 bits per heavy atom. The largest absolute Gasteiger partial charge is 0.354 e. The Kier molecular flexibility index (Phi) is 4.27. The summed E-state index contributed by atoms with van der Waals surface area (Å²) in [5.74, 6) is 0.301. The van der Waals surface area contributed by atoms with Gasteiger partial charge in [0.05, 0.1) is 0 Å². The predicted molar refractivity (Wildman–Crippen MR) is 88.2 cm³/mol. The number of fused-ring (bicyclic) bond motifs is 1. The van der Waals surface area contributed by atoms with Gasteiger partial charge in [0.15, 0.2) is 0 Å². The number of benzene rings is 1. The van der Waals surface area contributed by atoms with Crippen LogP contribution in [0.3, 0.4) is 0 Å². The number of hydrogen-bond donors (Lipinski definition) is 1. The van der Waals surface area contributed by atoms with E-state index in [-0.39, 0.29) is 11.5 Å². The van der Waals surface area contributed by atoms with E-state index in [2.05, 4.69) is 5.32 Å². The first-order valence-electron chi connectivity index (χ1n) is 8.05. The van der Waals surface area contributed by atoms with Gasteiger partial charge in [-0.15, -0.1) is 0 Å². The Balaban J connectivity index is 2.10. The number of nitrogens with zero attached hydrogens (tertiary/aromatic N) is 1. The summed E-state index contributed by atoms with van der Waals surface area (Å²) in [5.41, 5.74) is 0.416. The number of nitrogens with one attached hydrogen (secondary N) is 1. The van der Waals surface area contributed by atoms with Gasteiger partial charge in [0.2, 0.25) is 0 Å². The molecule has 1 saturated carbocycles. The molecule has 4 nitrogen and oxygen atoms in total. The number of pyridine rings is 1. The van der Waals surface area contributed by atoms with E-state index in [1.54, 1.807) is 11.6 Å². The lowest BCUT2D eigenvalue weighted by Gasteiger charge is -2.24. The Hall–Kier alpha value is -2.10. The van der Waals surface area contributed by atoms with Gasteiger partial charge in [-0.3, -0.25) is 9.59 Å². The normalized spacial score (nSPS) is 15.9. The van der Waals surface area contributed by atoms with Crippen LogP contribution in [0.25, 0.3) is 10.8 Å². The number of carbonyl (C=O) groups excluding carboxylic acids is 1. The maximum atomic E-state index is 12.8. The minimum atomic E-state index is -0.196. The Labute approximate surface area is 130 Å². The number of rotatable bonds is 3. The number of carbonyl (C=O) groups is 1. The van der Waals surface area contributed by atoms with Crippen LogP contribution in [-0.4, -0.2) is 17.5 Å². The molecule has 0 atom stereocenters. The lowest BCUT2D eigenvalue weighted by molar-refractivity contribution is 0.0951. The van der Waals surface area contributed by atoms with Gasteiger partial charge in [-0.25, -0.2) is 0 Å². The van der Waals surface area contributed by atoms with E-state index in [9.17, 15) is 9.59 Å². The fourth-order valence-corrected chi connectivity index (χ4v) is 3.42. The van der Waals surface area contributed by atoms with Gasteiger partial charge >= 0.3 is 0 Å². The molecule has 1 N–H and O–H groups in total. The third-order valence-corrected chi connectivity index (χ3v) is 4.64. The third-order valence-electron chi connectivity index (χ3n) is 4.64. The molecule has 1 aliphatic rings. The zero-order valence-electron chi connectivity index (χ0n) is 13.0. The topological polar surface area (TPSA) is 51.1 Å². The fraction of sp³-hybridized carbons (Fsp3) is 0.444. The first-order chi connectivity index (χ1) is 10.7. The van der Waals surface area contributed by atoms with Crippen LogP contribution in [0.15, 0.2) is 35.1 Å². The molecule has 1 aliphatic carbocycles. The summed E-state index contributed by atoms with van der Waals surface area (Å²) < 4.78 is 1.68. The molecule has 0 saturated heterocycles. The number of hydrogen-bond acceptors (Lipinski definition) is 2. The summed E-state index contributed by atoms with van der Waals surface area (Å²) in [5, 5.41) is 4.16. The second kappa shape index (κ2) is 6.34. The number of amides is 1. The summed E-state index contributed by atoms with van der Waals surface area (Å²) in [4.78, 5) is 25.0. The molecule has 22 heavy (non-hydrogen) atoms. The molecule has 1 amide bonds. The zero-order chi connectivity index (χ0) is 15.5. The van der Waals surface area contributed by atoms with Crippen molar-refractivity contribution in [2.75, 3.05) is 7.05 Å². The molecule has 1 heterocycles. The molecule has 0 spiro atoms. The van der Waals surface area contributed by atoms with Crippen molar-refractivity contribution in [3.05, 3.63) is 46.4 Å². The number of aromatic nitrogens is 1. The SMILES string of the molecule is CNC(=O)c1cc2ccccc2c(=O)n1CC1CCCCC1. The van der Waals surface area contributed by atoms with E-state index in [0.29, 0.717) is 23.5 Å². The lowest BCUT2D eigenvalue weighted by atomic mass is 9.89. The summed E-state index contributed by atoms with van der Waals surface area (Å²) in [6.45, 7) is 0.645. The van der Waals surface area contributed by atoms with Gasteiger partial charge in [0, 0.05) is 19.0 Å². The van der Waals surface area contributed by atoms with Crippen molar-refractivity contribution in [1.29, 1.82) is 0 Å². The van der Waals surface area contributed by atoms with Crippen molar-refractivity contribution in [3.8, 4) is 0 Å². The smallest absolute Gasteiger partial charge is 0.267 e. The average molecular weight is 298 g/mol. The zero-order valence-corrected chi connectivity index (χ0v) is 13.0. The van der Waals surface area contributed by atoms with Gasteiger partial charge in [-0.05, 0) is 36.3 Å². The van der Waals surface area contributed by atoms with Gasteiger partial charge in [0.1, 0.15) is 5.69 Å². The Morgan fingerprint density at radius 2 is 1.95 bits per heavy atom. The summed E-state index contributed by atoms with van der Waals surface area (Å²) in [6.07, 6.45) is 6.02. The van der Waals surface area contributed by atoms with Gasteiger partial charge in [0.25, 0.3) is 11.5 Å². The van der Waals surface area contributed by atoms with Crippen LogP contribution in [0.5, 0.6) is 0 Å². The molecule has 116 valence electrons. The van der Waals surface area contributed by atoms with Crippen molar-refractivity contribution in [1.82, 2.24) is 9.88 Å². The first kappa shape index (κ1) is 14.8. The van der Waals surface area contributed by atoms with E-state index in [1.807, 2.05) is 30.3 Å². The van der Waals surface area contributed by atoms with Crippen LogP contribution in [0.1, 0.15) is 42.6 Å². The summed E-state index contributed by atoms with van der Waals surface area (Å²) in [7, 11) is 1.60. The van der Waals surface area contributed by atoms with Crippen LogP contribution >= 0.6 is 0 Å². The molecular formula is C18H22N2O2. The van der Waals surface area contributed by atoms with Gasteiger partial charge in [-0.2, -0.15) is 0 Å². The van der Waals surface area contributed by atoms with E-state index < -0.39 is 0 Å². The predicted octanol–water partition coefficient (Wildman–Crippen LogP) is 2.94. The molecule has 0 bridgehead atoms. The average Bonchev–Trinajstić information content (AvgIpc) is 2.57. The Morgan fingerprint density at radius 3 is 2.68 bits per heavy atom. The Bertz CT molecular complexity index is 742. The van der Waals surface area contributed by atoms with Crippen LogP contribution < -0.4 is 10.9 Å². The van der Waals surface area contributed by atoms with Crippen molar-refractivity contribution < 1.29 is 4.79 Å². The second-order valence-electron chi connectivity index (χ2n) is 6.12. The van der Waals surface area contributed by atoms with E-state index in [4.69, 9.17) is 0 Å². The second-order valence-corrected chi connectivity index (χ2v) is 6.12. The van der Waals surface area contributed by atoms with Crippen molar-refractivity contribution in [2.24, 2.45) is 5.92 Å². The van der Waals surface area contributed by atoms with Crippen LogP contribution in [0.4, 0.5) is 0 Å². The highest BCUT2D eigenvalue weighted by Crippen LogP contribution is 2.25. The first-order valence-corrected chi connectivity index (χ1v) is 8.05. The van der Waals surface area contributed by atoms with E-state index >= 15 is 0 Å². The maximum absolute atomic E-state index is 12.8. The quantitative estimate of drug-likeness (QED) is 0.947. The van der Waals surface area contributed by atoms with Crippen molar-refractivity contribution in [3.63, 3.8) is 0 Å². The molecule has 1 aromatic heterocycles. The van der Waals surface area contributed by atoms with Crippen LogP contribution in [0.2, 0.25) is 0 Å². The fourth-order valence-electron chi connectivity index (χ4n) is 3.42. The van der Waals surface area contributed by atoms with Crippen molar-refractivity contribution >= 4 is 16.7 Å². The molecule has 0 radical (unpaired) electrons. The van der Waals surface area contributed by atoms with Crippen LogP contribution in [-0.2, 0) is 6.54 Å². The molecule has 1 aromatic carbocycles. The highest BCUT2D eigenvalue weighted by Gasteiger charge is 2.19. The summed E-state index contributed by atoms with van der Waals surface area (Å²) in [6, 6.07) is 9.31. The molecule has 0 aliphatic heterocycles. The van der Waals surface area contributed by atoms with Crippen LogP contribution in [0, 0.1) is 5.92 Å². The van der Waals surface area contributed by atoms with E-state index in [0.717, 1.165) is 18.2 Å².